The predicted octanol–water partition coefficient (Wildman–Crippen LogP) is 3.18. The van der Waals surface area contributed by atoms with Crippen molar-refractivity contribution in [3.63, 3.8) is 0 Å². The fourth-order valence-electron chi connectivity index (χ4n) is 3.89. The molecule has 1 aromatic carbocycles. The minimum absolute atomic E-state index is 0.0216. The Morgan fingerprint density at radius 3 is 2.80 bits per heavy atom. The van der Waals surface area contributed by atoms with Crippen molar-refractivity contribution >= 4 is 21.9 Å². The van der Waals surface area contributed by atoms with Crippen LogP contribution in [0.4, 0.5) is 4.39 Å². The summed E-state index contributed by atoms with van der Waals surface area (Å²) in [5, 5.41) is 12.7. The molecular formula is C15H17BrFNO2. The molecule has 1 aromatic rings. The van der Waals surface area contributed by atoms with Gasteiger partial charge in [0.25, 0.3) is 0 Å². The fourth-order valence-corrected chi connectivity index (χ4v) is 4.40. The third kappa shape index (κ3) is 2.61. The van der Waals surface area contributed by atoms with E-state index < -0.39 is 5.97 Å². The van der Waals surface area contributed by atoms with Crippen molar-refractivity contribution in [1.82, 2.24) is 5.32 Å². The Labute approximate surface area is 125 Å². The van der Waals surface area contributed by atoms with Crippen LogP contribution < -0.4 is 5.32 Å². The van der Waals surface area contributed by atoms with Gasteiger partial charge in [-0.25, -0.2) is 4.39 Å². The second kappa shape index (κ2) is 5.45. The van der Waals surface area contributed by atoms with Gasteiger partial charge in [-0.05, 0) is 54.9 Å². The molecular weight excluding hydrogens is 325 g/mol. The van der Waals surface area contributed by atoms with Gasteiger partial charge in [-0.3, -0.25) is 4.79 Å². The Morgan fingerprint density at radius 2 is 2.10 bits per heavy atom. The van der Waals surface area contributed by atoms with Crippen LogP contribution in [0.3, 0.4) is 0 Å². The Balaban J connectivity index is 1.69. The van der Waals surface area contributed by atoms with Crippen LogP contribution in [0.25, 0.3) is 0 Å². The van der Waals surface area contributed by atoms with Crippen molar-refractivity contribution in [2.24, 2.45) is 17.8 Å². The van der Waals surface area contributed by atoms with Gasteiger partial charge in [0, 0.05) is 17.1 Å². The standard InChI is InChI=1S/C15H17BrFNO2/c16-11-3-8(4-12(17)6-11)7-18-14-10-2-1-9(5-10)13(14)15(19)20/h3-4,6,9-10,13-14,18H,1-2,5,7H2,(H,19,20). The quantitative estimate of drug-likeness (QED) is 0.884. The highest BCUT2D eigenvalue weighted by Crippen LogP contribution is 2.48. The second-order valence-electron chi connectivity index (χ2n) is 5.88. The summed E-state index contributed by atoms with van der Waals surface area (Å²) in [6, 6.07) is 4.79. The normalized spacial score (nSPS) is 31.7. The molecule has 0 spiro atoms. The van der Waals surface area contributed by atoms with Crippen molar-refractivity contribution in [2.75, 3.05) is 0 Å². The molecule has 20 heavy (non-hydrogen) atoms. The van der Waals surface area contributed by atoms with Gasteiger partial charge in [0.1, 0.15) is 5.82 Å². The molecule has 2 fully saturated rings. The van der Waals surface area contributed by atoms with Crippen molar-refractivity contribution in [1.29, 1.82) is 0 Å². The Bertz CT molecular complexity index is 516. The highest BCUT2D eigenvalue weighted by molar-refractivity contribution is 9.10. The third-order valence-corrected chi connectivity index (χ3v) is 5.12. The molecule has 5 heteroatoms. The summed E-state index contributed by atoms with van der Waals surface area (Å²) < 4.78 is 14.0. The van der Waals surface area contributed by atoms with Gasteiger partial charge >= 0.3 is 5.97 Å². The lowest BCUT2D eigenvalue weighted by Gasteiger charge is -2.29. The molecule has 0 saturated heterocycles. The fraction of sp³-hybridized carbons (Fsp3) is 0.533. The molecule has 2 N–H and O–H groups in total. The van der Waals surface area contributed by atoms with E-state index in [1.54, 1.807) is 0 Å². The summed E-state index contributed by atoms with van der Waals surface area (Å²) in [5.74, 6) is -0.493. The van der Waals surface area contributed by atoms with Crippen LogP contribution >= 0.6 is 15.9 Å². The third-order valence-electron chi connectivity index (χ3n) is 4.67. The van der Waals surface area contributed by atoms with Gasteiger partial charge < -0.3 is 10.4 Å². The number of rotatable bonds is 4. The molecule has 2 saturated carbocycles. The summed E-state index contributed by atoms with van der Waals surface area (Å²) in [5.41, 5.74) is 0.837. The van der Waals surface area contributed by atoms with E-state index in [-0.39, 0.29) is 17.8 Å². The molecule has 3 nitrogen and oxygen atoms in total. The minimum atomic E-state index is -0.699. The van der Waals surface area contributed by atoms with Crippen LogP contribution in [0.5, 0.6) is 0 Å². The number of carbonyl (C=O) groups is 1. The largest absolute Gasteiger partial charge is 0.481 e. The Kier molecular flexibility index (Phi) is 3.82. The average molecular weight is 342 g/mol. The van der Waals surface area contributed by atoms with E-state index in [0.29, 0.717) is 22.9 Å². The van der Waals surface area contributed by atoms with Gasteiger partial charge in [-0.2, -0.15) is 0 Å². The molecule has 2 aliphatic carbocycles. The maximum Gasteiger partial charge on any atom is 0.308 e. The second-order valence-corrected chi connectivity index (χ2v) is 6.80. The SMILES string of the molecule is O=C(O)C1C2CCC(C2)C1NCc1cc(F)cc(Br)c1. The zero-order valence-electron chi connectivity index (χ0n) is 11.0. The molecule has 4 unspecified atom stereocenters. The van der Waals surface area contributed by atoms with Gasteiger partial charge in [0.05, 0.1) is 5.92 Å². The van der Waals surface area contributed by atoms with E-state index in [4.69, 9.17) is 0 Å². The first-order valence-electron chi connectivity index (χ1n) is 6.96. The van der Waals surface area contributed by atoms with Gasteiger partial charge in [-0.1, -0.05) is 15.9 Å². The van der Waals surface area contributed by atoms with E-state index in [2.05, 4.69) is 21.2 Å². The highest BCUT2D eigenvalue weighted by atomic mass is 79.9. The predicted molar refractivity (Wildman–Crippen MR) is 76.7 cm³/mol. The van der Waals surface area contributed by atoms with Crippen molar-refractivity contribution in [3.05, 3.63) is 34.1 Å². The van der Waals surface area contributed by atoms with Gasteiger partial charge in [-0.15, -0.1) is 0 Å². The van der Waals surface area contributed by atoms with Gasteiger partial charge in [0.2, 0.25) is 0 Å². The number of halogens is 2. The molecule has 0 aromatic heterocycles. The summed E-state index contributed by atoms with van der Waals surface area (Å²) in [7, 11) is 0. The lowest BCUT2D eigenvalue weighted by Crippen LogP contribution is -2.43. The average Bonchev–Trinajstić information content (AvgIpc) is 2.95. The first-order valence-corrected chi connectivity index (χ1v) is 7.75. The molecule has 0 heterocycles. The molecule has 4 atom stereocenters. The van der Waals surface area contributed by atoms with Crippen LogP contribution in [0, 0.1) is 23.6 Å². The monoisotopic (exact) mass is 341 g/mol. The zero-order valence-corrected chi connectivity index (χ0v) is 12.6. The number of carboxylic acids is 1. The van der Waals surface area contributed by atoms with Crippen LogP contribution in [-0.2, 0) is 11.3 Å². The lowest BCUT2D eigenvalue weighted by molar-refractivity contribution is -0.144. The number of hydrogen-bond acceptors (Lipinski definition) is 2. The van der Waals surface area contributed by atoms with Crippen molar-refractivity contribution < 1.29 is 14.3 Å². The first-order chi connectivity index (χ1) is 9.54. The number of hydrogen-bond donors (Lipinski definition) is 2. The number of carboxylic acid groups (broad SMARTS) is 1. The summed E-state index contributed by atoms with van der Waals surface area (Å²) in [6.45, 7) is 0.508. The molecule has 0 aliphatic heterocycles. The number of nitrogens with one attached hydrogen (secondary N) is 1. The number of benzene rings is 1. The summed E-state index contributed by atoms with van der Waals surface area (Å²) in [6.07, 6.45) is 3.16. The first kappa shape index (κ1) is 14.0. The van der Waals surface area contributed by atoms with Crippen molar-refractivity contribution in [3.8, 4) is 0 Å². The van der Waals surface area contributed by atoms with E-state index in [0.717, 1.165) is 24.8 Å². The topological polar surface area (TPSA) is 49.3 Å². The number of aliphatic carboxylic acids is 1. The van der Waals surface area contributed by atoms with Crippen LogP contribution in [0.1, 0.15) is 24.8 Å². The van der Waals surface area contributed by atoms with Crippen LogP contribution in [-0.4, -0.2) is 17.1 Å². The molecule has 0 radical (unpaired) electrons. The minimum Gasteiger partial charge on any atom is -0.481 e. The van der Waals surface area contributed by atoms with E-state index in [9.17, 15) is 14.3 Å². The van der Waals surface area contributed by atoms with E-state index in [1.807, 2.05) is 6.07 Å². The molecule has 2 bridgehead atoms. The Morgan fingerprint density at radius 1 is 1.35 bits per heavy atom. The molecule has 0 amide bonds. The Hall–Kier alpha value is -0.940. The molecule has 108 valence electrons. The maximum atomic E-state index is 13.3. The highest BCUT2D eigenvalue weighted by Gasteiger charge is 2.50. The van der Waals surface area contributed by atoms with Crippen molar-refractivity contribution in [2.45, 2.75) is 31.8 Å². The number of fused-ring (bicyclic) bond motifs is 2. The maximum absolute atomic E-state index is 13.3. The summed E-state index contributed by atoms with van der Waals surface area (Å²) >= 11 is 3.27. The summed E-state index contributed by atoms with van der Waals surface area (Å²) in [4.78, 5) is 11.4. The molecule has 2 aliphatic rings. The smallest absolute Gasteiger partial charge is 0.308 e. The lowest BCUT2D eigenvalue weighted by atomic mass is 9.84. The van der Waals surface area contributed by atoms with E-state index >= 15 is 0 Å². The van der Waals surface area contributed by atoms with Gasteiger partial charge in [0.15, 0.2) is 0 Å². The molecule has 3 rings (SSSR count). The van der Waals surface area contributed by atoms with E-state index in [1.165, 1.54) is 12.1 Å². The van der Waals surface area contributed by atoms with Crippen LogP contribution in [0.15, 0.2) is 22.7 Å². The zero-order chi connectivity index (χ0) is 14.3. The van der Waals surface area contributed by atoms with Crippen LogP contribution in [0.2, 0.25) is 0 Å².